The average Bonchev–Trinajstić information content (AvgIpc) is 3.21. The molecular formula is C24H18Cl2FN3. The Bertz CT molecular complexity index is 1200. The first-order valence-electron chi connectivity index (χ1n) is 9.28. The van der Waals surface area contributed by atoms with Gasteiger partial charge in [0.2, 0.25) is 0 Å². The maximum Gasteiger partial charge on any atom is 0.134 e. The Morgan fingerprint density at radius 3 is 2.47 bits per heavy atom. The van der Waals surface area contributed by atoms with Gasteiger partial charge in [0.25, 0.3) is 0 Å². The number of allylic oxidation sites excluding steroid dienone is 4. The van der Waals surface area contributed by atoms with Gasteiger partial charge in [0.1, 0.15) is 5.82 Å². The zero-order chi connectivity index (χ0) is 21.3. The van der Waals surface area contributed by atoms with Crippen molar-refractivity contribution in [1.82, 2.24) is 14.7 Å². The van der Waals surface area contributed by atoms with E-state index in [1.54, 1.807) is 18.3 Å². The number of halogens is 3. The zero-order valence-corrected chi connectivity index (χ0v) is 17.7. The second-order valence-corrected chi connectivity index (χ2v) is 7.55. The Morgan fingerprint density at radius 2 is 1.77 bits per heavy atom. The van der Waals surface area contributed by atoms with Crippen LogP contribution in [0.4, 0.5) is 4.39 Å². The maximum atomic E-state index is 14.6. The van der Waals surface area contributed by atoms with Crippen LogP contribution in [-0.4, -0.2) is 14.7 Å². The minimum Gasteiger partial charge on any atom is -0.317 e. The van der Waals surface area contributed by atoms with Gasteiger partial charge in [0.15, 0.2) is 0 Å². The molecule has 3 aromatic rings. The fraction of sp³-hybridized carbons (Fsp3) is 0.0417. The quantitative estimate of drug-likeness (QED) is 0.433. The monoisotopic (exact) mass is 437 g/mol. The molecule has 0 radical (unpaired) electrons. The third kappa shape index (κ3) is 3.84. The molecule has 0 spiro atoms. The molecule has 30 heavy (non-hydrogen) atoms. The first kappa shape index (κ1) is 20.2. The Balaban J connectivity index is 1.76. The van der Waals surface area contributed by atoms with Crippen LogP contribution in [0.15, 0.2) is 91.4 Å². The van der Waals surface area contributed by atoms with Gasteiger partial charge in [-0.2, -0.15) is 5.10 Å². The van der Waals surface area contributed by atoms with Gasteiger partial charge in [-0.25, -0.2) is 9.07 Å². The second kappa shape index (κ2) is 8.34. The van der Waals surface area contributed by atoms with Gasteiger partial charge in [0.05, 0.1) is 23.3 Å². The summed E-state index contributed by atoms with van der Waals surface area (Å²) in [5, 5.41) is 5.47. The molecule has 2 aromatic carbocycles. The van der Waals surface area contributed by atoms with Crippen LogP contribution in [0.25, 0.3) is 17.0 Å². The van der Waals surface area contributed by atoms with Crippen molar-refractivity contribution in [3.63, 3.8) is 0 Å². The number of aromatic nitrogens is 2. The number of hydrogen-bond acceptors (Lipinski definition) is 2. The highest BCUT2D eigenvalue weighted by Crippen LogP contribution is 2.33. The van der Waals surface area contributed by atoms with E-state index >= 15 is 0 Å². The number of benzene rings is 2. The van der Waals surface area contributed by atoms with Gasteiger partial charge in [-0.15, -0.1) is 0 Å². The lowest BCUT2D eigenvalue weighted by Crippen LogP contribution is -2.17. The molecule has 0 unspecified atom stereocenters. The standard InChI is InChI=1S/C24H18Cl2FN3/c1-3-23(21-11-8-19(26)14-22(21)27)29-15-17(5-4-16(29)2)24-12-13-28-30(24)20-9-6-18(25)7-10-20/h3-15H,2H2,1H3/b23-3-. The summed E-state index contributed by atoms with van der Waals surface area (Å²) in [6.45, 7) is 5.97. The van der Waals surface area contributed by atoms with Crippen LogP contribution in [0.5, 0.6) is 0 Å². The minimum absolute atomic E-state index is 0.354. The number of rotatable bonds is 4. The number of hydrogen-bond donors (Lipinski definition) is 0. The van der Waals surface area contributed by atoms with Gasteiger partial charge in [-0.05, 0) is 67.6 Å². The molecule has 1 aromatic heterocycles. The van der Waals surface area contributed by atoms with Crippen molar-refractivity contribution in [2.75, 3.05) is 0 Å². The maximum absolute atomic E-state index is 14.6. The zero-order valence-electron chi connectivity index (χ0n) is 16.2. The van der Waals surface area contributed by atoms with Crippen molar-refractivity contribution >= 4 is 34.5 Å². The highest BCUT2D eigenvalue weighted by molar-refractivity contribution is 6.30. The van der Waals surface area contributed by atoms with Crippen molar-refractivity contribution in [2.45, 2.75) is 6.92 Å². The summed E-state index contributed by atoms with van der Waals surface area (Å²) in [5.41, 5.74) is 4.52. The van der Waals surface area contributed by atoms with E-state index < -0.39 is 0 Å². The van der Waals surface area contributed by atoms with E-state index in [4.69, 9.17) is 23.2 Å². The molecule has 3 nitrogen and oxygen atoms in total. The van der Waals surface area contributed by atoms with Crippen LogP contribution >= 0.6 is 23.2 Å². The van der Waals surface area contributed by atoms with Crippen LogP contribution in [-0.2, 0) is 0 Å². The summed E-state index contributed by atoms with van der Waals surface area (Å²) in [5.74, 6) is -0.390. The van der Waals surface area contributed by atoms with Crippen molar-refractivity contribution < 1.29 is 4.39 Å². The molecule has 2 heterocycles. The highest BCUT2D eigenvalue weighted by atomic mass is 35.5. The summed E-state index contributed by atoms with van der Waals surface area (Å²) in [4.78, 5) is 1.86. The van der Waals surface area contributed by atoms with Gasteiger partial charge in [-0.3, -0.25) is 0 Å². The molecule has 1 aliphatic heterocycles. The highest BCUT2D eigenvalue weighted by Gasteiger charge is 2.20. The molecule has 1 aliphatic rings. The topological polar surface area (TPSA) is 21.1 Å². The average molecular weight is 438 g/mol. The van der Waals surface area contributed by atoms with E-state index in [0.717, 1.165) is 22.7 Å². The first-order valence-corrected chi connectivity index (χ1v) is 10.0. The third-order valence-electron chi connectivity index (χ3n) is 4.78. The Morgan fingerprint density at radius 1 is 1.03 bits per heavy atom. The molecule has 0 saturated carbocycles. The molecule has 150 valence electrons. The van der Waals surface area contributed by atoms with E-state index in [9.17, 15) is 4.39 Å². The van der Waals surface area contributed by atoms with Crippen LogP contribution in [0.3, 0.4) is 0 Å². The van der Waals surface area contributed by atoms with Crippen molar-refractivity contribution in [3.05, 3.63) is 119 Å². The summed E-state index contributed by atoms with van der Waals surface area (Å²) >= 11 is 11.9. The van der Waals surface area contributed by atoms with Crippen LogP contribution in [0, 0.1) is 5.82 Å². The normalized spacial score (nSPS) is 14.3. The molecule has 0 N–H and O–H groups in total. The summed E-state index contributed by atoms with van der Waals surface area (Å²) in [6, 6.07) is 14.0. The molecule has 0 aliphatic carbocycles. The first-order chi connectivity index (χ1) is 14.5. The van der Waals surface area contributed by atoms with Gasteiger partial charge in [-0.1, -0.05) is 35.9 Å². The Hall–Kier alpha value is -3.08. The van der Waals surface area contributed by atoms with E-state index in [2.05, 4.69) is 11.7 Å². The van der Waals surface area contributed by atoms with Crippen molar-refractivity contribution in [2.24, 2.45) is 0 Å². The van der Waals surface area contributed by atoms with E-state index in [0.29, 0.717) is 21.3 Å². The predicted octanol–water partition coefficient (Wildman–Crippen LogP) is 7.11. The molecule has 0 amide bonds. The van der Waals surface area contributed by atoms with E-state index in [1.165, 1.54) is 6.07 Å². The number of nitrogens with zero attached hydrogens (tertiary/aromatic N) is 3. The summed E-state index contributed by atoms with van der Waals surface area (Å²) < 4.78 is 16.4. The Labute approximate surface area is 184 Å². The largest absolute Gasteiger partial charge is 0.317 e. The fourth-order valence-electron chi connectivity index (χ4n) is 3.34. The fourth-order valence-corrected chi connectivity index (χ4v) is 3.62. The third-order valence-corrected chi connectivity index (χ3v) is 5.27. The van der Waals surface area contributed by atoms with E-state index in [-0.39, 0.29) is 5.82 Å². The minimum atomic E-state index is -0.390. The molecular weight excluding hydrogens is 420 g/mol. The van der Waals surface area contributed by atoms with E-state index in [1.807, 2.05) is 71.3 Å². The summed E-state index contributed by atoms with van der Waals surface area (Å²) in [6.07, 6.45) is 9.37. The van der Waals surface area contributed by atoms with Gasteiger partial charge < -0.3 is 4.90 Å². The van der Waals surface area contributed by atoms with Gasteiger partial charge in [0, 0.05) is 33.1 Å². The smallest absolute Gasteiger partial charge is 0.134 e. The lowest BCUT2D eigenvalue weighted by Gasteiger charge is -2.28. The van der Waals surface area contributed by atoms with Crippen LogP contribution < -0.4 is 0 Å². The SMILES string of the molecule is C=C1C=CC(c2ccnn2-c2ccc(Cl)cc2)=CN1/C(=C\C)c1ccc(Cl)cc1F. The molecule has 0 atom stereocenters. The Kier molecular flexibility index (Phi) is 5.62. The molecule has 6 heteroatoms. The van der Waals surface area contributed by atoms with Crippen molar-refractivity contribution in [3.8, 4) is 5.69 Å². The summed E-state index contributed by atoms with van der Waals surface area (Å²) in [7, 11) is 0. The van der Waals surface area contributed by atoms with Crippen LogP contribution in [0.2, 0.25) is 10.0 Å². The molecule has 4 rings (SSSR count). The lowest BCUT2D eigenvalue weighted by molar-refractivity contribution is 0.609. The molecule has 0 bridgehead atoms. The van der Waals surface area contributed by atoms with Crippen LogP contribution in [0.1, 0.15) is 18.2 Å². The molecule has 0 fully saturated rings. The molecule has 0 saturated heterocycles. The second-order valence-electron chi connectivity index (χ2n) is 6.68. The predicted molar refractivity (Wildman–Crippen MR) is 122 cm³/mol. The van der Waals surface area contributed by atoms with Crippen molar-refractivity contribution in [1.29, 1.82) is 0 Å². The lowest BCUT2D eigenvalue weighted by atomic mass is 10.1. The van der Waals surface area contributed by atoms with Gasteiger partial charge >= 0.3 is 0 Å².